The fourth-order valence-electron chi connectivity index (χ4n) is 3.46. The lowest BCUT2D eigenvalue weighted by Crippen LogP contribution is -2.46. The Hall–Kier alpha value is -0.120. The SMILES string of the molecule is CCC1CCC(O)C(CN2CCC(C)(O)CC2)C1. The molecule has 0 bridgehead atoms. The van der Waals surface area contributed by atoms with Crippen molar-refractivity contribution in [3.8, 4) is 0 Å². The number of piperidine rings is 1. The molecule has 1 saturated heterocycles. The van der Waals surface area contributed by atoms with Gasteiger partial charge in [-0.2, -0.15) is 0 Å². The first kappa shape index (κ1) is 14.3. The van der Waals surface area contributed by atoms with Crippen molar-refractivity contribution >= 4 is 0 Å². The Morgan fingerprint density at radius 1 is 1.22 bits per heavy atom. The average molecular weight is 255 g/mol. The van der Waals surface area contributed by atoms with Gasteiger partial charge in [0, 0.05) is 19.6 Å². The number of hydrogen-bond donors (Lipinski definition) is 2. The molecule has 1 saturated carbocycles. The summed E-state index contributed by atoms with van der Waals surface area (Å²) in [5, 5.41) is 20.1. The summed E-state index contributed by atoms with van der Waals surface area (Å²) in [6.45, 7) is 7.18. The first-order chi connectivity index (χ1) is 8.50. The zero-order valence-corrected chi connectivity index (χ0v) is 11.9. The predicted octanol–water partition coefficient (Wildman–Crippen LogP) is 2.02. The zero-order valence-electron chi connectivity index (χ0n) is 11.9. The van der Waals surface area contributed by atoms with E-state index in [-0.39, 0.29) is 6.10 Å². The van der Waals surface area contributed by atoms with Gasteiger partial charge in [-0.3, -0.25) is 0 Å². The number of nitrogens with zero attached hydrogens (tertiary/aromatic N) is 1. The highest BCUT2D eigenvalue weighted by Gasteiger charge is 2.32. The second-order valence-corrected chi connectivity index (χ2v) is 6.71. The lowest BCUT2D eigenvalue weighted by Gasteiger charge is -2.40. The average Bonchev–Trinajstić information content (AvgIpc) is 2.34. The monoisotopic (exact) mass is 255 g/mol. The van der Waals surface area contributed by atoms with Crippen molar-refractivity contribution in [1.82, 2.24) is 4.90 Å². The molecule has 2 rings (SSSR count). The molecule has 0 amide bonds. The molecule has 3 heteroatoms. The standard InChI is InChI=1S/C15H29NO2/c1-3-12-4-5-14(17)13(10-12)11-16-8-6-15(2,18)7-9-16/h12-14,17-18H,3-11H2,1-2H3. The van der Waals surface area contributed by atoms with E-state index in [1.54, 1.807) is 0 Å². The summed E-state index contributed by atoms with van der Waals surface area (Å²) in [6, 6.07) is 0. The summed E-state index contributed by atoms with van der Waals surface area (Å²) >= 11 is 0. The molecule has 2 fully saturated rings. The number of hydrogen-bond acceptors (Lipinski definition) is 3. The summed E-state index contributed by atoms with van der Waals surface area (Å²) in [5.41, 5.74) is -0.465. The molecule has 0 aromatic carbocycles. The highest BCUT2D eigenvalue weighted by atomic mass is 16.3. The van der Waals surface area contributed by atoms with E-state index in [1.165, 1.54) is 19.3 Å². The Labute approximate surface area is 111 Å². The van der Waals surface area contributed by atoms with Crippen molar-refractivity contribution in [3.63, 3.8) is 0 Å². The van der Waals surface area contributed by atoms with E-state index in [2.05, 4.69) is 11.8 Å². The van der Waals surface area contributed by atoms with Crippen molar-refractivity contribution in [2.45, 2.75) is 64.1 Å². The normalized spacial score (nSPS) is 37.7. The molecule has 1 heterocycles. The molecule has 2 N–H and O–H groups in total. The van der Waals surface area contributed by atoms with Crippen molar-refractivity contribution in [2.24, 2.45) is 11.8 Å². The van der Waals surface area contributed by atoms with Crippen LogP contribution in [0.5, 0.6) is 0 Å². The molecular formula is C15H29NO2. The van der Waals surface area contributed by atoms with Crippen LogP contribution in [0.2, 0.25) is 0 Å². The summed E-state index contributed by atoms with van der Waals surface area (Å²) in [6.07, 6.45) is 6.25. The van der Waals surface area contributed by atoms with Crippen molar-refractivity contribution in [2.75, 3.05) is 19.6 Å². The molecule has 0 radical (unpaired) electrons. The Balaban J connectivity index is 1.81. The van der Waals surface area contributed by atoms with Gasteiger partial charge in [0.2, 0.25) is 0 Å². The summed E-state index contributed by atoms with van der Waals surface area (Å²) in [5.74, 6) is 1.26. The lowest BCUT2D eigenvalue weighted by atomic mass is 9.78. The minimum Gasteiger partial charge on any atom is -0.393 e. The van der Waals surface area contributed by atoms with Gasteiger partial charge < -0.3 is 15.1 Å². The van der Waals surface area contributed by atoms with Gasteiger partial charge in [-0.25, -0.2) is 0 Å². The van der Waals surface area contributed by atoms with Crippen LogP contribution in [0.25, 0.3) is 0 Å². The van der Waals surface area contributed by atoms with E-state index in [0.717, 1.165) is 44.8 Å². The van der Waals surface area contributed by atoms with Gasteiger partial charge in [0.25, 0.3) is 0 Å². The van der Waals surface area contributed by atoms with Gasteiger partial charge in [-0.15, -0.1) is 0 Å². The number of likely N-dealkylation sites (tertiary alicyclic amines) is 1. The molecule has 2 aliphatic rings. The third-order valence-electron chi connectivity index (χ3n) is 5.05. The maximum absolute atomic E-state index is 10.1. The van der Waals surface area contributed by atoms with Crippen molar-refractivity contribution < 1.29 is 10.2 Å². The van der Waals surface area contributed by atoms with Gasteiger partial charge >= 0.3 is 0 Å². The molecule has 0 aromatic rings. The minimum absolute atomic E-state index is 0.102. The van der Waals surface area contributed by atoms with Crippen LogP contribution in [-0.4, -0.2) is 46.5 Å². The molecule has 0 aromatic heterocycles. The van der Waals surface area contributed by atoms with Crippen LogP contribution in [0.3, 0.4) is 0 Å². The Morgan fingerprint density at radius 3 is 2.50 bits per heavy atom. The Kier molecular flexibility index (Phi) is 4.68. The van der Waals surface area contributed by atoms with E-state index in [1.807, 2.05) is 6.92 Å². The van der Waals surface area contributed by atoms with E-state index in [0.29, 0.717) is 5.92 Å². The lowest BCUT2D eigenvalue weighted by molar-refractivity contribution is -0.0249. The molecule has 106 valence electrons. The first-order valence-corrected chi connectivity index (χ1v) is 7.63. The topological polar surface area (TPSA) is 43.7 Å². The van der Waals surface area contributed by atoms with Crippen LogP contribution in [-0.2, 0) is 0 Å². The summed E-state index contributed by atoms with van der Waals surface area (Å²) < 4.78 is 0. The van der Waals surface area contributed by atoms with E-state index < -0.39 is 5.60 Å². The molecule has 3 nitrogen and oxygen atoms in total. The van der Waals surface area contributed by atoms with Crippen LogP contribution in [0.4, 0.5) is 0 Å². The summed E-state index contributed by atoms with van der Waals surface area (Å²) in [4.78, 5) is 2.43. The molecule has 3 unspecified atom stereocenters. The van der Waals surface area contributed by atoms with Crippen molar-refractivity contribution in [1.29, 1.82) is 0 Å². The Bertz CT molecular complexity index is 257. The summed E-state index contributed by atoms with van der Waals surface area (Å²) in [7, 11) is 0. The van der Waals surface area contributed by atoms with Crippen LogP contribution >= 0.6 is 0 Å². The maximum Gasteiger partial charge on any atom is 0.0644 e. The highest BCUT2D eigenvalue weighted by Crippen LogP contribution is 2.32. The maximum atomic E-state index is 10.1. The first-order valence-electron chi connectivity index (χ1n) is 7.63. The molecule has 1 aliphatic heterocycles. The molecule has 3 atom stereocenters. The number of aliphatic hydroxyl groups is 2. The van der Waals surface area contributed by atoms with E-state index in [4.69, 9.17) is 0 Å². The van der Waals surface area contributed by atoms with Gasteiger partial charge in [0.1, 0.15) is 0 Å². The zero-order chi connectivity index (χ0) is 13.2. The predicted molar refractivity (Wildman–Crippen MR) is 73.4 cm³/mol. The third-order valence-corrected chi connectivity index (χ3v) is 5.05. The van der Waals surface area contributed by atoms with Gasteiger partial charge in [-0.1, -0.05) is 13.3 Å². The second-order valence-electron chi connectivity index (χ2n) is 6.71. The number of aliphatic hydroxyl groups excluding tert-OH is 1. The number of rotatable bonds is 3. The van der Waals surface area contributed by atoms with Crippen LogP contribution in [0, 0.1) is 11.8 Å². The van der Waals surface area contributed by atoms with Crippen LogP contribution < -0.4 is 0 Å². The molecular weight excluding hydrogens is 226 g/mol. The largest absolute Gasteiger partial charge is 0.393 e. The van der Waals surface area contributed by atoms with Gasteiger partial charge in [0.15, 0.2) is 0 Å². The molecule has 18 heavy (non-hydrogen) atoms. The van der Waals surface area contributed by atoms with Gasteiger partial charge in [0.05, 0.1) is 11.7 Å². The Morgan fingerprint density at radius 2 is 1.89 bits per heavy atom. The van der Waals surface area contributed by atoms with Crippen molar-refractivity contribution in [3.05, 3.63) is 0 Å². The third kappa shape index (κ3) is 3.69. The fraction of sp³-hybridized carbons (Fsp3) is 1.00. The van der Waals surface area contributed by atoms with Crippen LogP contribution in [0.15, 0.2) is 0 Å². The van der Waals surface area contributed by atoms with E-state index in [9.17, 15) is 10.2 Å². The van der Waals surface area contributed by atoms with Gasteiger partial charge in [-0.05, 0) is 50.9 Å². The second kappa shape index (κ2) is 5.89. The highest BCUT2D eigenvalue weighted by molar-refractivity contribution is 4.86. The molecule has 0 spiro atoms. The smallest absolute Gasteiger partial charge is 0.0644 e. The fourth-order valence-corrected chi connectivity index (χ4v) is 3.46. The minimum atomic E-state index is -0.465. The van der Waals surface area contributed by atoms with E-state index >= 15 is 0 Å². The quantitative estimate of drug-likeness (QED) is 0.811. The molecule has 1 aliphatic carbocycles. The van der Waals surface area contributed by atoms with Crippen LogP contribution in [0.1, 0.15) is 52.4 Å².